The van der Waals surface area contributed by atoms with Gasteiger partial charge in [-0.25, -0.2) is 0 Å². The van der Waals surface area contributed by atoms with Crippen LogP contribution in [0.3, 0.4) is 0 Å². The summed E-state index contributed by atoms with van der Waals surface area (Å²) in [6.45, 7) is 7.90. The fraction of sp³-hybridized carbons (Fsp3) is 0.571. The molecule has 0 bridgehead atoms. The van der Waals surface area contributed by atoms with Crippen molar-refractivity contribution in [1.29, 1.82) is 0 Å². The molecular formula is C14H22BrNO. The Hall–Kier alpha value is -0.380. The van der Waals surface area contributed by atoms with Crippen LogP contribution in [0.25, 0.3) is 0 Å². The molecule has 0 aliphatic heterocycles. The Morgan fingerprint density at radius 1 is 1.29 bits per heavy atom. The van der Waals surface area contributed by atoms with Gasteiger partial charge in [0, 0.05) is 24.2 Å². The third-order valence-electron chi connectivity index (χ3n) is 2.48. The number of halogens is 1. The highest BCUT2D eigenvalue weighted by molar-refractivity contribution is 9.10. The number of hydrogen-bond donors (Lipinski definition) is 1. The minimum Gasteiger partial charge on any atom is -0.380 e. The van der Waals surface area contributed by atoms with Crippen molar-refractivity contribution in [1.82, 2.24) is 5.32 Å². The zero-order valence-electron chi connectivity index (χ0n) is 10.7. The van der Waals surface area contributed by atoms with E-state index in [1.807, 2.05) is 6.07 Å². The molecule has 0 aliphatic carbocycles. The molecule has 0 radical (unpaired) electrons. The van der Waals surface area contributed by atoms with Gasteiger partial charge in [-0.3, -0.25) is 0 Å². The summed E-state index contributed by atoms with van der Waals surface area (Å²) in [5.41, 5.74) is 1.29. The number of benzene rings is 1. The van der Waals surface area contributed by atoms with Gasteiger partial charge in [0.15, 0.2) is 0 Å². The first-order chi connectivity index (χ1) is 8.18. The molecule has 2 nitrogen and oxygen atoms in total. The molecule has 0 saturated heterocycles. The minimum atomic E-state index is 0.727. The first kappa shape index (κ1) is 14.7. The van der Waals surface area contributed by atoms with Gasteiger partial charge in [0.1, 0.15) is 0 Å². The number of hydrogen-bond acceptors (Lipinski definition) is 2. The van der Waals surface area contributed by atoms with Crippen LogP contribution in [-0.2, 0) is 11.3 Å². The summed E-state index contributed by atoms with van der Waals surface area (Å²) in [6, 6.07) is 8.35. The van der Waals surface area contributed by atoms with Crippen LogP contribution >= 0.6 is 15.9 Å². The van der Waals surface area contributed by atoms with Crippen molar-refractivity contribution in [3.63, 3.8) is 0 Å². The van der Waals surface area contributed by atoms with Gasteiger partial charge >= 0.3 is 0 Å². The van der Waals surface area contributed by atoms with Crippen molar-refractivity contribution in [3.8, 4) is 0 Å². The predicted molar refractivity (Wildman–Crippen MR) is 76.1 cm³/mol. The van der Waals surface area contributed by atoms with Crippen molar-refractivity contribution < 1.29 is 4.74 Å². The smallest absolute Gasteiger partial charge is 0.0591 e. The van der Waals surface area contributed by atoms with Gasteiger partial charge in [0.25, 0.3) is 0 Å². The number of nitrogens with one attached hydrogen (secondary N) is 1. The van der Waals surface area contributed by atoms with Crippen LogP contribution in [0.4, 0.5) is 0 Å². The van der Waals surface area contributed by atoms with E-state index >= 15 is 0 Å². The van der Waals surface area contributed by atoms with E-state index in [2.05, 4.69) is 53.3 Å². The summed E-state index contributed by atoms with van der Waals surface area (Å²) in [7, 11) is 0. The van der Waals surface area contributed by atoms with Crippen molar-refractivity contribution in [2.24, 2.45) is 5.92 Å². The molecule has 1 N–H and O–H groups in total. The van der Waals surface area contributed by atoms with Crippen LogP contribution in [0, 0.1) is 5.92 Å². The Balaban J connectivity index is 2.01. The maximum atomic E-state index is 5.53. The molecule has 1 aromatic rings. The minimum absolute atomic E-state index is 0.727. The normalized spacial score (nSPS) is 11.1. The van der Waals surface area contributed by atoms with Crippen molar-refractivity contribution >= 4 is 15.9 Å². The summed E-state index contributed by atoms with van der Waals surface area (Å²) < 4.78 is 6.66. The van der Waals surface area contributed by atoms with E-state index in [0.717, 1.165) is 43.1 Å². The topological polar surface area (TPSA) is 21.3 Å². The van der Waals surface area contributed by atoms with Crippen LogP contribution in [0.1, 0.15) is 25.8 Å². The van der Waals surface area contributed by atoms with E-state index < -0.39 is 0 Å². The monoisotopic (exact) mass is 299 g/mol. The Morgan fingerprint density at radius 3 is 2.82 bits per heavy atom. The molecule has 0 atom stereocenters. The number of ether oxygens (including phenoxy) is 1. The lowest BCUT2D eigenvalue weighted by molar-refractivity contribution is 0.125. The highest BCUT2D eigenvalue weighted by atomic mass is 79.9. The molecule has 0 fully saturated rings. The molecule has 96 valence electrons. The molecule has 0 spiro atoms. The molecule has 1 rings (SSSR count). The molecular weight excluding hydrogens is 278 g/mol. The first-order valence-corrected chi connectivity index (χ1v) is 7.00. The van der Waals surface area contributed by atoms with Gasteiger partial charge in [0.05, 0.1) is 6.61 Å². The van der Waals surface area contributed by atoms with E-state index in [4.69, 9.17) is 4.74 Å². The second-order valence-corrected chi connectivity index (χ2v) is 5.52. The quantitative estimate of drug-likeness (QED) is 0.741. The molecule has 0 unspecified atom stereocenters. The highest BCUT2D eigenvalue weighted by Gasteiger charge is 1.95. The highest BCUT2D eigenvalue weighted by Crippen LogP contribution is 2.11. The lowest BCUT2D eigenvalue weighted by Gasteiger charge is -2.08. The van der Waals surface area contributed by atoms with Crippen molar-refractivity contribution in [2.45, 2.75) is 26.8 Å². The first-order valence-electron chi connectivity index (χ1n) is 6.21. The third-order valence-corrected chi connectivity index (χ3v) is 2.97. The van der Waals surface area contributed by atoms with Crippen LogP contribution in [0.15, 0.2) is 28.7 Å². The van der Waals surface area contributed by atoms with Crippen LogP contribution in [0.5, 0.6) is 0 Å². The zero-order valence-corrected chi connectivity index (χ0v) is 12.3. The molecule has 1 aromatic carbocycles. The third kappa shape index (κ3) is 7.53. The van der Waals surface area contributed by atoms with Gasteiger partial charge in [-0.2, -0.15) is 0 Å². The van der Waals surface area contributed by atoms with Gasteiger partial charge in [-0.05, 0) is 30.0 Å². The Kier molecular flexibility index (Phi) is 7.49. The van der Waals surface area contributed by atoms with Gasteiger partial charge < -0.3 is 10.1 Å². The summed E-state index contributed by atoms with van der Waals surface area (Å²) in [6.07, 6.45) is 1.14. The molecule has 0 aliphatic rings. The Bertz CT molecular complexity index is 315. The molecule has 17 heavy (non-hydrogen) atoms. The lowest BCUT2D eigenvalue weighted by atomic mass is 10.1. The van der Waals surface area contributed by atoms with Gasteiger partial charge in [-0.15, -0.1) is 0 Å². The maximum absolute atomic E-state index is 5.53. The SMILES string of the molecule is CC(C)CCOCCNCc1cccc(Br)c1. The van der Waals surface area contributed by atoms with Crippen molar-refractivity contribution in [2.75, 3.05) is 19.8 Å². The average molecular weight is 300 g/mol. The largest absolute Gasteiger partial charge is 0.380 e. The van der Waals surface area contributed by atoms with Crippen LogP contribution < -0.4 is 5.32 Å². The van der Waals surface area contributed by atoms with E-state index in [0.29, 0.717) is 0 Å². The number of rotatable bonds is 8. The summed E-state index contributed by atoms with van der Waals surface area (Å²) in [5.74, 6) is 0.727. The lowest BCUT2D eigenvalue weighted by Crippen LogP contribution is -2.19. The van der Waals surface area contributed by atoms with E-state index in [9.17, 15) is 0 Å². The van der Waals surface area contributed by atoms with Gasteiger partial charge in [-0.1, -0.05) is 41.9 Å². The summed E-state index contributed by atoms with van der Waals surface area (Å²) in [4.78, 5) is 0. The average Bonchev–Trinajstić information content (AvgIpc) is 2.27. The van der Waals surface area contributed by atoms with E-state index in [1.165, 1.54) is 5.56 Å². The fourth-order valence-electron chi connectivity index (χ4n) is 1.45. The zero-order chi connectivity index (χ0) is 12.5. The predicted octanol–water partition coefficient (Wildman–Crippen LogP) is 3.60. The molecule has 0 heterocycles. The Labute approximate surface area is 113 Å². The molecule has 0 saturated carbocycles. The standard InChI is InChI=1S/C14H22BrNO/c1-12(2)6-8-17-9-7-16-11-13-4-3-5-14(15)10-13/h3-5,10,12,16H,6-9,11H2,1-2H3. The second kappa shape index (κ2) is 8.67. The van der Waals surface area contributed by atoms with E-state index in [-0.39, 0.29) is 0 Å². The van der Waals surface area contributed by atoms with Gasteiger partial charge in [0.2, 0.25) is 0 Å². The van der Waals surface area contributed by atoms with Crippen LogP contribution in [0.2, 0.25) is 0 Å². The molecule has 0 amide bonds. The second-order valence-electron chi connectivity index (χ2n) is 4.60. The summed E-state index contributed by atoms with van der Waals surface area (Å²) >= 11 is 3.47. The van der Waals surface area contributed by atoms with Crippen molar-refractivity contribution in [3.05, 3.63) is 34.3 Å². The summed E-state index contributed by atoms with van der Waals surface area (Å²) in [5, 5.41) is 3.37. The molecule has 0 aromatic heterocycles. The fourth-order valence-corrected chi connectivity index (χ4v) is 1.89. The Morgan fingerprint density at radius 2 is 2.12 bits per heavy atom. The molecule has 3 heteroatoms. The van der Waals surface area contributed by atoms with Crippen LogP contribution in [-0.4, -0.2) is 19.8 Å². The van der Waals surface area contributed by atoms with E-state index in [1.54, 1.807) is 0 Å². The maximum Gasteiger partial charge on any atom is 0.0591 e.